The number of anilines is 3. The van der Waals surface area contributed by atoms with Crippen LogP contribution in [0.15, 0.2) is 28.4 Å². The Morgan fingerprint density at radius 3 is 2.63 bits per heavy atom. The SMILES string of the molecule is COc1nc2c(s1)CC1(CCN(c3cnc(Sc4ccnc(N)c4Cl)c(N)n3)CC1)[C@@H]2N[S@+]([O-])C(C)(C)C. The fourth-order valence-corrected chi connectivity index (χ4v) is 7.85. The minimum atomic E-state index is -1.23. The van der Waals surface area contributed by atoms with E-state index in [1.807, 2.05) is 20.8 Å². The van der Waals surface area contributed by atoms with Crippen LogP contribution in [0, 0.1) is 5.41 Å². The molecule has 0 aromatic carbocycles. The number of piperidine rings is 1. The van der Waals surface area contributed by atoms with Crippen LogP contribution >= 0.6 is 34.7 Å². The molecule has 2 atom stereocenters. The first-order valence-corrected chi connectivity index (χ1v) is 15.3. The van der Waals surface area contributed by atoms with Crippen molar-refractivity contribution in [3.05, 3.63) is 34.1 Å². The summed E-state index contributed by atoms with van der Waals surface area (Å²) in [5, 5.41) is 1.58. The standard InChI is InChI=1S/C24H31ClN8O2S3/c1-23(2,3)38(34)32-18-17-14(37-22(31-17)35-4)11-24(18)6-9-33(10-7-24)15-12-29-21(20(27)30-15)36-13-5-8-28-19(26)16(13)25/h5,8,12,18,32H,6-7,9-11H2,1-4H3,(H2,26,28)(H2,27,30)/t18-,38-/m1/s1. The van der Waals surface area contributed by atoms with Crippen molar-refractivity contribution in [1.82, 2.24) is 24.7 Å². The van der Waals surface area contributed by atoms with Gasteiger partial charge in [0.1, 0.15) is 27.5 Å². The third kappa shape index (κ3) is 5.24. The average Bonchev–Trinajstić information content (AvgIpc) is 3.39. The largest absolute Gasteiger partial charge is 0.598 e. The van der Waals surface area contributed by atoms with E-state index in [-0.39, 0.29) is 22.0 Å². The lowest BCUT2D eigenvalue weighted by Gasteiger charge is -2.43. The molecule has 1 aliphatic heterocycles. The van der Waals surface area contributed by atoms with E-state index in [1.54, 1.807) is 36.9 Å². The first kappa shape index (κ1) is 27.5. The number of nitrogens with one attached hydrogen (secondary N) is 1. The molecule has 2 aliphatic rings. The van der Waals surface area contributed by atoms with Crippen LogP contribution in [-0.4, -0.2) is 49.4 Å². The summed E-state index contributed by atoms with van der Waals surface area (Å²) in [6, 6.07) is 1.66. The summed E-state index contributed by atoms with van der Waals surface area (Å²) in [5.41, 5.74) is 13.0. The van der Waals surface area contributed by atoms with Crippen molar-refractivity contribution < 1.29 is 9.29 Å². The van der Waals surface area contributed by atoms with Crippen LogP contribution in [0.3, 0.4) is 0 Å². The number of rotatable bonds is 6. The molecule has 0 bridgehead atoms. The maximum atomic E-state index is 13.1. The number of halogens is 1. The zero-order valence-electron chi connectivity index (χ0n) is 21.7. The number of hydrogen-bond donors (Lipinski definition) is 3. The highest BCUT2D eigenvalue weighted by atomic mass is 35.5. The van der Waals surface area contributed by atoms with Gasteiger partial charge in [-0.25, -0.2) is 19.9 Å². The highest BCUT2D eigenvalue weighted by Crippen LogP contribution is 2.55. The molecule has 0 radical (unpaired) electrons. The average molecular weight is 595 g/mol. The zero-order valence-corrected chi connectivity index (χ0v) is 24.9. The normalized spacial score (nSPS) is 19.5. The Bertz CT molecular complexity index is 1330. The second-order valence-corrected chi connectivity index (χ2v) is 14.9. The van der Waals surface area contributed by atoms with Crippen molar-refractivity contribution in [3.8, 4) is 5.19 Å². The van der Waals surface area contributed by atoms with Gasteiger partial charge in [0.15, 0.2) is 5.82 Å². The Balaban J connectivity index is 1.32. The van der Waals surface area contributed by atoms with Crippen molar-refractivity contribution in [2.24, 2.45) is 5.41 Å². The van der Waals surface area contributed by atoms with Gasteiger partial charge in [0, 0.05) is 45.8 Å². The summed E-state index contributed by atoms with van der Waals surface area (Å²) >= 11 is 7.94. The molecule has 38 heavy (non-hydrogen) atoms. The Morgan fingerprint density at radius 2 is 1.97 bits per heavy atom. The number of ether oxygens (including phenoxy) is 1. The Morgan fingerprint density at radius 1 is 1.24 bits per heavy atom. The molecule has 0 unspecified atom stereocenters. The van der Waals surface area contributed by atoms with Gasteiger partial charge in [0.05, 0.1) is 24.0 Å². The number of nitrogen functional groups attached to an aromatic ring is 2. The molecule has 5 N–H and O–H groups in total. The monoisotopic (exact) mass is 594 g/mol. The van der Waals surface area contributed by atoms with E-state index >= 15 is 0 Å². The number of pyridine rings is 1. The van der Waals surface area contributed by atoms with Gasteiger partial charge in [0.2, 0.25) is 0 Å². The smallest absolute Gasteiger partial charge is 0.273 e. The second kappa shape index (κ2) is 10.5. The molecule has 0 amide bonds. The lowest BCUT2D eigenvalue weighted by molar-refractivity contribution is 0.174. The molecule has 3 aromatic heterocycles. The Kier molecular flexibility index (Phi) is 7.61. The number of methoxy groups -OCH3 is 1. The van der Waals surface area contributed by atoms with E-state index in [1.165, 1.54) is 16.6 Å². The topological polar surface area (TPSA) is 151 Å². The fourth-order valence-electron chi connectivity index (χ4n) is 4.84. The molecular formula is C24H31ClN8O2S3. The molecule has 1 saturated heterocycles. The molecule has 1 spiro atoms. The van der Waals surface area contributed by atoms with E-state index in [0.717, 1.165) is 48.8 Å². The maximum absolute atomic E-state index is 13.1. The first-order valence-electron chi connectivity index (χ1n) is 12.2. The van der Waals surface area contributed by atoms with E-state index in [4.69, 9.17) is 32.8 Å². The number of fused-ring (bicyclic) bond motifs is 1. The molecule has 1 fully saturated rings. The molecule has 1 aliphatic carbocycles. The van der Waals surface area contributed by atoms with Gasteiger partial charge in [-0.05, 0) is 46.1 Å². The van der Waals surface area contributed by atoms with Crippen LogP contribution in [0.25, 0.3) is 0 Å². The molecule has 204 valence electrons. The van der Waals surface area contributed by atoms with Crippen molar-refractivity contribution in [2.45, 2.75) is 60.7 Å². The summed E-state index contributed by atoms with van der Waals surface area (Å²) in [5.74, 6) is 1.33. The molecule has 0 saturated carbocycles. The second-order valence-electron chi connectivity index (χ2n) is 10.5. The Hall–Kier alpha value is -2.03. The highest BCUT2D eigenvalue weighted by molar-refractivity contribution is 7.99. The van der Waals surface area contributed by atoms with Crippen molar-refractivity contribution in [1.29, 1.82) is 0 Å². The minimum absolute atomic E-state index is 0.0787. The van der Waals surface area contributed by atoms with Crippen LogP contribution in [0.5, 0.6) is 5.19 Å². The Labute approximate surface area is 238 Å². The summed E-state index contributed by atoms with van der Waals surface area (Å²) in [7, 11) is 1.63. The van der Waals surface area contributed by atoms with E-state index in [9.17, 15) is 4.55 Å². The predicted molar refractivity (Wildman–Crippen MR) is 154 cm³/mol. The summed E-state index contributed by atoms with van der Waals surface area (Å²) in [4.78, 5) is 22.1. The molecule has 10 nitrogen and oxygen atoms in total. The van der Waals surface area contributed by atoms with E-state index in [0.29, 0.717) is 21.1 Å². The molecular weight excluding hydrogens is 564 g/mol. The van der Waals surface area contributed by atoms with Gasteiger partial charge in [-0.2, -0.15) is 0 Å². The third-order valence-corrected chi connectivity index (χ3v) is 11.2. The van der Waals surface area contributed by atoms with Gasteiger partial charge < -0.3 is 25.7 Å². The zero-order chi connectivity index (χ0) is 27.2. The van der Waals surface area contributed by atoms with Crippen molar-refractivity contribution in [2.75, 3.05) is 36.6 Å². The summed E-state index contributed by atoms with van der Waals surface area (Å²) < 4.78 is 21.6. The van der Waals surface area contributed by atoms with Crippen LogP contribution in [-0.2, 0) is 17.8 Å². The van der Waals surface area contributed by atoms with Gasteiger partial charge in [-0.1, -0.05) is 34.7 Å². The molecule has 3 aromatic rings. The highest BCUT2D eigenvalue weighted by Gasteiger charge is 2.52. The fraction of sp³-hybridized carbons (Fsp3) is 0.500. The van der Waals surface area contributed by atoms with Crippen LogP contribution < -0.4 is 25.8 Å². The predicted octanol–water partition coefficient (Wildman–Crippen LogP) is 4.24. The number of nitrogens with zero attached hydrogens (tertiary/aromatic N) is 5. The number of nitrogens with two attached hydrogens (primary N) is 2. The van der Waals surface area contributed by atoms with Gasteiger partial charge in [-0.3, -0.25) is 0 Å². The van der Waals surface area contributed by atoms with Crippen molar-refractivity contribution in [3.63, 3.8) is 0 Å². The molecule has 5 rings (SSSR count). The maximum Gasteiger partial charge on any atom is 0.273 e. The number of aromatic nitrogens is 4. The van der Waals surface area contributed by atoms with Gasteiger partial charge in [-0.15, -0.1) is 4.72 Å². The summed E-state index contributed by atoms with van der Waals surface area (Å²) in [6.45, 7) is 7.49. The third-order valence-electron chi connectivity index (χ3n) is 6.98. The minimum Gasteiger partial charge on any atom is -0.598 e. The lowest BCUT2D eigenvalue weighted by atomic mass is 9.73. The van der Waals surface area contributed by atoms with E-state index in [2.05, 4.69) is 24.6 Å². The molecule has 4 heterocycles. The van der Waals surface area contributed by atoms with Crippen LogP contribution in [0.2, 0.25) is 5.02 Å². The quantitative estimate of drug-likeness (QED) is 0.351. The molecule has 14 heteroatoms. The van der Waals surface area contributed by atoms with Gasteiger partial charge >= 0.3 is 0 Å². The first-order chi connectivity index (χ1) is 18.0. The summed E-state index contributed by atoms with van der Waals surface area (Å²) in [6.07, 6.45) is 6.01. The van der Waals surface area contributed by atoms with Crippen molar-refractivity contribution >= 4 is 63.5 Å². The van der Waals surface area contributed by atoms with Crippen LogP contribution in [0.4, 0.5) is 17.5 Å². The lowest BCUT2D eigenvalue weighted by Crippen LogP contribution is -2.50. The van der Waals surface area contributed by atoms with Crippen LogP contribution in [0.1, 0.15) is 50.2 Å². The van der Waals surface area contributed by atoms with Gasteiger partial charge in [0.25, 0.3) is 5.19 Å². The number of hydrogen-bond acceptors (Lipinski definition) is 12. The van der Waals surface area contributed by atoms with E-state index < -0.39 is 11.4 Å². The number of thiazole rings is 1.